The number of aromatic nitrogens is 2. The molecular weight excluding hydrogens is 352 g/mol. The monoisotopic (exact) mass is 364 g/mol. The van der Waals surface area contributed by atoms with Crippen molar-refractivity contribution in [3.63, 3.8) is 0 Å². The standard InChI is InChI=1S/C14H12N4O4S2/c15-11(19)6-23-14-18-17-13(24-14)16-12(20)4-2-8-1-3-9-10(5-8)22-7-21-9/h1-5H,6-7H2,(H2,15,19)(H,16,17,20)/b4-2+. The van der Waals surface area contributed by atoms with Gasteiger partial charge in [-0.1, -0.05) is 29.2 Å². The third-order valence-electron chi connectivity index (χ3n) is 2.80. The van der Waals surface area contributed by atoms with Crippen molar-refractivity contribution in [3.05, 3.63) is 29.8 Å². The number of carbonyl (C=O) groups excluding carboxylic acids is 2. The molecule has 1 aromatic heterocycles. The highest BCUT2D eigenvalue weighted by molar-refractivity contribution is 8.01. The number of ether oxygens (including phenoxy) is 2. The number of carbonyl (C=O) groups is 2. The maximum atomic E-state index is 11.9. The van der Waals surface area contributed by atoms with E-state index in [-0.39, 0.29) is 18.5 Å². The normalized spacial score (nSPS) is 12.5. The molecule has 0 atom stereocenters. The quantitative estimate of drug-likeness (QED) is 0.453. The molecule has 1 aliphatic heterocycles. The minimum absolute atomic E-state index is 0.118. The highest BCUT2D eigenvalue weighted by Crippen LogP contribution is 2.32. The molecule has 2 heterocycles. The molecule has 3 rings (SSSR count). The van der Waals surface area contributed by atoms with E-state index in [2.05, 4.69) is 15.5 Å². The maximum absolute atomic E-state index is 11.9. The number of nitrogens with two attached hydrogens (primary N) is 1. The molecule has 0 radical (unpaired) electrons. The molecule has 10 heteroatoms. The molecule has 1 aromatic carbocycles. The first-order chi connectivity index (χ1) is 11.6. The van der Waals surface area contributed by atoms with E-state index in [0.29, 0.717) is 21.0 Å². The Bertz CT molecular complexity index is 806. The number of hydrogen-bond acceptors (Lipinski definition) is 8. The lowest BCUT2D eigenvalue weighted by atomic mass is 10.2. The van der Waals surface area contributed by atoms with Crippen molar-refractivity contribution in [2.24, 2.45) is 5.73 Å². The fourth-order valence-electron chi connectivity index (χ4n) is 1.79. The minimum atomic E-state index is -0.438. The van der Waals surface area contributed by atoms with Gasteiger partial charge in [0.15, 0.2) is 15.8 Å². The number of rotatable bonds is 6. The van der Waals surface area contributed by atoms with Crippen LogP contribution >= 0.6 is 23.1 Å². The minimum Gasteiger partial charge on any atom is -0.454 e. The third-order valence-corrected chi connectivity index (χ3v) is 4.79. The Morgan fingerprint density at radius 3 is 3.00 bits per heavy atom. The average molecular weight is 364 g/mol. The van der Waals surface area contributed by atoms with Crippen LogP contribution in [0.25, 0.3) is 6.08 Å². The number of benzene rings is 1. The maximum Gasteiger partial charge on any atom is 0.250 e. The van der Waals surface area contributed by atoms with E-state index in [4.69, 9.17) is 15.2 Å². The molecule has 8 nitrogen and oxygen atoms in total. The predicted octanol–water partition coefficient (Wildman–Crippen LogP) is 1.50. The molecule has 24 heavy (non-hydrogen) atoms. The summed E-state index contributed by atoms with van der Waals surface area (Å²) in [5.74, 6) is 0.680. The first kappa shape index (κ1) is 16.3. The summed E-state index contributed by atoms with van der Waals surface area (Å²) in [4.78, 5) is 22.6. The Labute approximate surface area is 145 Å². The topological polar surface area (TPSA) is 116 Å². The summed E-state index contributed by atoms with van der Waals surface area (Å²) in [7, 11) is 0. The molecule has 3 N–H and O–H groups in total. The lowest BCUT2D eigenvalue weighted by molar-refractivity contribution is -0.115. The van der Waals surface area contributed by atoms with Crippen LogP contribution < -0.4 is 20.5 Å². The summed E-state index contributed by atoms with van der Waals surface area (Å²) in [6.07, 6.45) is 3.04. The van der Waals surface area contributed by atoms with Gasteiger partial charge in [0.25, 0.3) is 0 Å². The number of hydrogen-bond donors (Lipinski definition) is 2. The summed E-state index contributed by atoms with van der Waals surface area (Å²) >= 11 is 2.35. The second-order valence-corrected chi connectivity index (χ2v) is 6.76. The Hall–Kier alpha value is -2.59. The molecule has 124 valence electrons. The van der Waals surface area contributed by atoms with Gasteiger partial charge in [-0.2, -0.15) is 0 Å². The number of fused-ring (bicyclic) bond motifs is 1. The summed E-state index contributed by atoms with van der Waals surface area (Å²) in [5, 5.41) is 10.6. The van der Waals surface area contributed by atoms with Crippen molar-refractivity contribution in [2.75, 3.05) is 17.9 Å². The summed E-state index contributed by atoms with van der Waals surface area (Å²) in [6.45, 7) is 0.204. The molecule has 0 fully saturated rings. The molecule has 0 unspecified atom stereocenters. The number of primary amides is 1. The van der Waals surface area contributed by atoms with Crippen molar-refractivity contribution < 1.29 is 19.1 Å². The Morgan fingerprint density at radius 2 is 2.17 bits per heavy atom. The van der Waals surface area contributed by atoms with Crippen LogP contribution in [-0.4, -0.2) is 34.6 Å². The van der Waals surface area contributed by atoms with Gasteiger partial charge >= 0.3 is 0 Å². The van der Waals surface area contributed by atoms with Crippen LogP contribution in [0.4, 0.5) is 5.13 Å². The van der Waals surface area contributed by atoms with Crippen molar-refractivity contribution in [1.29, 1.82) is 0 Å². The van der Waals surface area contributed by atoms with Crippen molar-refractivity contribution >= 4 is 46.1 Å². The average Bonchev–Trinajstić information content (AvgIpc) is 3.19. The van der Waals surface area contributed by atoms with Crippen LogP contribution in [0.15, 0.2) is 28.6 Å². The number of nitrogens with one attached hydrogen (secondary N) is 1. The van der Waals surface area contributed by atoms with Gasteiger partial charge in [-0.05, 0) is 23.8 Å². The zero-order chi connectivity index (χ0) is 16.9. The SMILES string of the molecule is NC(=O)CSc1nnc(NC(=O)/C=C/c2ccc3c(c2)OCO3)s1. The zero-order valence-corrected chi connectivity index (χ0v) is 13.9. The second kappa shape index (κ2) is 7.32. The number of anilines is 1. The highest BCUT2D eigenvalue weighted by atomic mass is 32.2. The van der Waals surface area contributed by atoms with Crippen LogP contribution in [-0.2, 0) is 9.59 Å². The molecule has 2 amide bonds. The zero-order valence-electron chi connectivity index (χ0n) is 12.2. The fraction of sp³-hybridized carbons (Fsp3) is 0.143. The van der Waals surface area contributed by atoms with E-state index in [0.717, 1.165) is 5.56 Å². The molecule has 1 aliphatic rings. The molecule has 0 bridgehead atoms. The van der Waals surface area contributed by atoms with Crippen molar-refractivity contribution in [3.8, 4) is 11.5 Å². The number of thioether (sulfide) groups is 1. The van der Waals surface area contributed by atoms with Gasteiger partial charge in [0.2, 0.25) is 23.7 Å². The van der Waals surface area contributed by atoms with Gasteiger partial charge in [-0.25, -0.2) is 0 Å². The first-order valence-corrected chi connectivity index (χ1v) is 8.54. The van der Waals surface area contributed by atoms with E-state index in [1.807, 2.05) is 6.07 Å². The summed E-state index contributed by atoms with van der Waals surface area (Å²) in [5.41, 5.74) is 5.87. The first-order valence-electron chi connectivity index (χ1n) is 6.73. The number of amides is 2. The summed E-state index contributed by atoms with van der Waals surface area (Å²) < 4.78 is 11.1. The largest absolute Gasteiger partial charge is 0.454 e. The number of nitrogens with zero attached hydrogens (tertiary/aromatic N) is 2. The smallest absolute Gasteiger partial charge is 0.250 e. The molecule has 0 spiro atoms. The van der Waals surface area contributed by atoms with Gasteiger partial charge in [-0.15, -0.1) is 10.2 Å². The lowest BCUT2D eigenvalue weighted by Gasteiger charge is -1.98. The van der Waals surface area contributed by atoms with Gasteiger partial charge in [0.05, 0.1) is 5.75 Å². The molecule has 0 aliphatic carbocycles. The van der Waals surface area contributed by atoms with Crippen molar-refractivity contribution in [1.82, 2.24) is 10.2 Å². The van der Waals surface area contributed by atoms with Gasteiger partial charge in [0.1, 0.15) is 0 Å². The lowest BCUT2D eigenvalue weighted by Crippen LogP contribution is -2.12. The van der Waals surface area contributed by atoms with Crippen LogP contribution in [0.3, 0.4) is 0 Å². The van der Waals surface area contributed by atoms with Crippen LogP contribution in [0.1, 0.15) is 5.56 Å². The van der Waals surface area contributed by atoms with Crippen LogP contribution in [0.2, 0.25) is 0 Å². The van der Waals surface area contributed by atoms with Crippen LogP contribution in [0, 0.1) is 0 Å². The molecule has 0 saturated carbocycles. The van der Waals surface area contributed by atoms with E-state index in [1.165, 1.54) is 29.2 Å². The summed E-state index contributed by atoms with van der Waals surface area (Å²) in [6, 6.07) is 5.39. The van der Waals surface area contributed by atoms with E-state index in [1.54, 1.807) is 18.2 Å². The van der Waals surface area contributed by atoms with Crippen molar-refractivity contribution in [2.45, 2.75) is 4.34 Å². The Balaban J connectivity index is 1.56. The second-order valence-electron chi connectivity index (χ2n) is 4.56. The van der Waals surface area contributed by atoms with Gasteiger partial charge in [0, 0.05) is 6.08 Å². The van der Waals surface area contributed by atoms with E-state index >= 15 is 0 Å². The molecular formula is C14H12N4O4S2. The van der Waals surface area contributed by atoms with Crippen LogP contribution in [0.5, 0.6) is 11.5 Å². The molecule has 2 aromatic rings. The predicted molar refractivity (Wildman–Crippen MR) is 90.1 cm³/mol. The Kier molecular flexibility index (Phi) is 4.96. The van der Waals surface area contributed by atoms with E-state index < -0.39 is 5.91 Å². The Morgan fingerprint density at radius 1 is 1.33 bits per heavy atom. The third kappa shape index (κ3) is 4.24. The fourth-order valence-corrected chi connectivity index (χ4v) is 3.28. The highest BCUT2D eigenvalue weighted by Gasteiger charge is 2.12. The van der Waals surface area contributed by atoms with E-state index in [9.17, 15) is 9.59 Å². The molecule has 0 saturated heterocycles. The van der Waals surface area contributed by atoms with Gasteiger partial charge in [-0.3, -0.25) is 14.9 Å². The van der Waals surface area contributed by atoms with Gasteiger partial charge < -0.3 is 15.2 Å².